The maximum atomic E-state index is 13.0. The van der Waals surface area contributed by atoms with Crippen LogP contribution in [0.15, 0.2) is 59.6 Å². The minimum absolute atomic E-state index is 0.128. The second-order valence-corrected chi connectivity index (χ2v) is 7.79. The fraction of sp³-hybridized carbons (Fsp3) is 0.263. The van der Waals surface area contributed by atoms with Gasteiger partial charge in [-0.2, -0.15) is 0 Å². The third kappa shape index (κ3) is 4.35. The van der Waals surface area contributed by atoms with Crippen LogP contribution in [-0.4, -0.2) is 27.9 Å². The molecular weight excluding hydrogens is 354 g/mol. The fourth-order valence-electron chi connectivity index (χ4n) is 2.65. The summed E-state index contributed by atoms with van der Waals surface area (Å²) in [5.41, 5.74) is 1.73. The van der Waals surface area contributed by atoms with Gasteiger partial charge in [-0.15, -0.1) is 0 Å². The lowest BCUT2D eigenvalue weighted by atomic mass is 10.1. The molecule has 0 saturated carbocycles. The zero-order valence-electron chi connectivity index (χ0n) is 14.1. The first-order valence-electron chi connectivity index (χ1n) is 8.16. The van der Waals surface area contributed by atoms with E-state index < -0.39 is 0 Å². The van der Waals surface area contributed by atoms with Crippen LogP contribution in [-0.2, 0) is 0 Å². The molecule has 2 aromatic rings. The number of benzene rings is 2. The maximum absolute atomic E-state index is 13.0. The number of hydrogen-bond donors (Lipinski definition) is 1. The van der Waals surface area contributed by atoms with E-state index in [0.717, 1.165) is 17.3 Å². The van der Waals surface area contributed by atoms with E-state index in [-0.39, 0.29) is 12.1 Å². The number of thioether (sulfide) groups is 1. The molecule has 4 nitrogen and oxygen atoms in total. The van der Waals surface area contributed by atoms with Crippen LogP contribution in [0.4, 0.5) is 10.5 Å². The van der Waals surface area contributed by atoms with Gasteiger partial charge < -0.3 is 5.32 Å². The van der Waals surface area contributed by atoms with Gasteiger partial charge in [0.2, 0.25) is 0 Å². The zero-order chi connectivity index (χ0) is 17.8. The topological polar surface area (TPSA) is 44.7 Å². The monoisotopic (exact) mass is 373 g/mol. The third-order valence-corrected chi connectivity index (χ3v) is 5.28. The maximum Gasteiger partial charge on any atom is 0.328 e. The van der Waals surface area contributed by atoms with Gasteiger partial charge in [0, 0.05) is 16.0 Å². The molecule has 6 heteroatoms. The van der Waals surface area contributed by atoms with Crippen molar-refractivity contribution in [3.8, 4) is 0 Å². The van der Waals surface area contributed by atoms with E-state index in [1.165, 1.54) is 0 Å². The van der Waals surface area contributed by atoms with Crippen LogP contribution in [0.3, 0.4) is 0 Å². The highest BCUT2D eigenvalue weighted by molar-refractivity contribution is 8.14. The third-order valence-electron chi connectivity index (χ3n) is 3.96. The summed E-state index contributed by atoms with van der Waals surface area (Å²) in [7, 11) is 0. The number of nitrogens with zero attached hydrogens (tertiary/aromatic N) is 2. The molecule has 0 unspecified atom stereocenters. The summed E-state index contributed by atoms with van der Waals surface area (Å²) in [4.78, 5) is 19.3. The van der Waals surface area contributed by atoms with E-state index in [0.29, 0.717) is 16.0 Å². The lowest BCUT2D eigenvalue weighted by molar-refractivity contribution is 0.225. The van der Waals surface area contributed by atoms with Gasteiger partial charge in [0.25, 0.3) is 0 Å². The minimum atomic E-state index is -0.209. The average molecular weight is 374 g/mol. The Bertz CT molecular complexity index is 781. The lowest BCUT2D eigenvalue weighted by Gasteiger charge is -2.29. The Morgan fingerprint density at radius 3 is 2.68 bits per heavy atom. The molecule has 130 valence electrons. The van der Waals surface area contributed by atoms with Crippen LogP contribution in [0.25, 0.3) is 0 Å². The Labute approximate surface area is 157 Å². The molecule has 1 aliphatic rings. The van der Waals surface area contributed by atoms with Gasteiger partial charge in [0.1, 0.15) is 0 Å². The highest BCUT2D eigenvalue weighted by atomic mass is 35.5. The Balaban J connectivity index is 1.87. The number of urea groups is 1. The highest BCUT2D eigenvalue weighted by Crippen LogP contribution is 2.30. The summed E-state index contributed by atoms with van der Waals surface area (Å²) < 4.78 is 0. The number of halogens is 1. The summed E-state index contributed by atoms with van der Waals surface area (Å²) >= 11 is 7.65. The molecule has 0 radical (unpaired) electrons. The molecule has 0 aromatic heterocycles. The predicted molar refractivity (Wildman–Crippen MR) is 107 cm³/mol. The van der Waals surface area contributed by atoms with Crippen molar-refractivity contribution in [3.63, 3.8) is 0 Å². The van der Waals surface area contributed by atoms with E-state index in [2.05, 4.69) is 17.2 Å². The predicted octanol–water partition coefficient (Wildman–Crippen LogP) is 5.43. The molecule has 1 aliphatic heterocycles. The van der Waals surface area contributed by atoms with E-state index in [9.17, 15) is 4.79 Å². The van der Waals surface area contributed by atoms with Crippen LogP contribution in [0.5, 0.6) is 0 Å². The summed E-state index contributed by atoms with van der Waals surface area (Å²) in [6.45, 7) is 4.85. The van der Waals surface area contributed by atoms with Gasteiger partial charge in [-0.3, -0.25) is 9.89 Å². The van der Waals surface area contributed by atoms with Gasteiger partial charge in [-0.05, 0) is 30.7 Å². The number of rotatable bonds is 3. The Morgan fingerprint density at radius 2 is 2.04 bits per heavy atom. The molecule has 0 bridgehead atoms. The highest BCUT2D eigenvalue weighted by Gasteiger charge is 2.30. The Morgan fingerprint density at radius 1 is 1.28 bits per heavy atom. The summed E-state index contributed by atoms with van der Waals surface area (Å²) in [6.07, 6.45) is 0. The quantitative estimate of drug-likeness (QED) is 0.779. The van der Waals surface area contributed by atoms with Crippen molar-refractivity contribution >= 4 is 40.2 Å². The van der Waals surface area contributed by atoms with Crippen LogP contribution >= 0.6 is 23.4 Å². The van der Waals surface area contributed by atoms with Crippen molar-refractivity contribution in [2.45, 2.75) is 25.1 Å². The second kappa shape index (κ2) is 7.93. The van der Waals surface area contributed by atoms with Crippen molar-refractivity contribution in [2.75, 3.05) is 11.9 Å². The van der Waals surface area contributed by atoms with Crippen LogP contribution < -0.4 is 5.32 Å². The number of anilines is 1. The number of hydrogen-bond acceptors (Lipinski definition) is 3. The first-order valence-corrected chi connectivity index (χ1v) is 9.42. The molecule has 3 rings (SSSR count). The molecular formula is C19H20ClN3OS. The van der Waals surface area contributed by atoms with Gasteiger partial charge in [-0.25, -0.2) is 4.79 Å². The number of amidine groups is 1. The Kier molecular flexibility index (Phi) is 5.66. The smallest absolute Gasteiger partial charge is 0.307 e. The van der Waals surface area contributed by atoms with Crippen molar-refractivity contribution in [3.05, 3.63) is 65.2 Å². The van der Waals surface area contributed by atoms with Gasteiger partial charge in [0.05, 0.1) is 12.6 Å². The molecule has 2 atom stereocenters. The zero-order valence-corrected chi connectivity index (χ0v) is 15.7. The van der Waals surface area contributed by atoms with Gasteiger partial charge >= 0.3 is 6.03 Å². The van der Waals surface area contributed by atoms with Crippen LogP contribution in [0.1, 0.15) is 25.5 Å². The standard InChI is InChI=1S/C19H20ClN3OS/c1-13-12-21-19(25-13)23(14(2)15-7-4-3-5-8-15)18(24)22-17-10-6-9-16(20)11-17/h3-11,13-14H,12H2,1-2H3,(H,22,24)/t13-,14-/m1/s1. The summed E-state index contributed by atoms with van der Waals surface area (Å²) in [5.74, 6) is 0. The van der Waals surface area contributed by atoms with Gasteiger partial charge in [-0.1, -0.05) is 66.7 Å². The van der Waals surface area contributed by atoms with E-state index in [4.69, 9.17) is 11.6 Å². The number of carbonyl (C=O) groups is 1. The second-order valence-electron chi connectivity index (χ2n) is 5.95. The first kappa shape index (κ1) is 17.8. The molecule has 1 heterocycles. The number of nitrogens with one attached hydrogen (secondary N) is 1. The van der Waals surface area contributed by atoms with Gasteiger partial charge in [0.15, 0.2) is 5.17 Å². The number of aliphatic imine (C=N–C) groups is 1. The normalized spacial score (nSPS) is 17.7. The number of carbonyl (C=O) groups excluding carboxylic acids is 1. The average Bonchev–Trinajstić information content (AvgIpc) is 3.01. The largest absolute Gasteiger partial charge is 0.328 e. The van der Waals surface area contributed by atoms with Crippen molar-refractivity contribution in [1.29, 1.82) is 0 Å². The molecule has 2 amide bonds. The van der Waals surface area contributed by atoms with Crippen molar-refractivity contribution < 1.29 is 4.79 Å². The molecule has 0 aliphatic carbocycles. The molecule has 0 spiro atoms. The minimum Gasteiger partial charge on any atom is -0.307 e. The number of amides is 2. The fourth-order valence-corrected chi connectivity index (χ4v) is 3.86. The SMILES string of the molecule is C[C@@H]1CN=C(N(C(=O)Nc2cccc(Cl)c2)[C@H](C)c2ccccc2)S1. The lowest BCUT2D eigenvalue weighted by Crippen LogP contribution is -2.40. The summed E-state index contributed by atoms with van der Waals surface area (Å²) in [5, 5.41) is 4.65. The Hall–Kier alpha value is -1.98. The summed E-state index contributed by atoms with van der Waals surface area (Å²) in [6, 6.07) is 16.8. The molecule has 2 aromatic carbocycles. The van der Waals surface area contributed by atoms with Crippen LogP contribution in [0.2, 0.25) is 5.02 Å². The van der Waals surface area contributed by atoms with E-state index in [1.54, 1.807) is 28.8 Å². The van der Waals surface area contributed by atoms with Crippen LogP contribution in [0, 0.1) is 0 Å². The van der Waals surface area contributed by atoms with Crippen molar-refractivity contribution in [1.82, 2.24) is 4.90 Å². The molecule has 0 saturated heterocycles. The van der Waals surface area contributed by atoms with Crippen molar-refractivity contribution in [2.24, 2.45) is 4.99 Å². The molecule has 25 heavy (non-hydrogen) atoms. The molecule has 1 N–H and O–H groups in total. The van der Waals surface area contributed by atoms with E-state index in [1.807, 2.05) is 49.4 Å². The first-order chi connectivity index (χ1) is 12.0. The van der Waals surface area contributed by atoms with E-state index >= 15 is 0 Å². The molecule has 0 fully saturated rings.